The van der Waals surface area contributed by atoms with Gasteiger partial charge in [-0.05, 0) is 48.1 Å². The molecule has 0 spiro atoms. The summed E-state index contributed by atoms with van der Waals surface area (Å²) in [6.45, 7) is 0.534. The molecule has 0 unspecified atom stereocenters. The van der Waals surface area contributed by atoms with Gasteiger partial charge in [0.05, 0.1) is 33.5 Å². The van der Waals surface area contributed by atoms with Gasteiger partial charge < -0.3 is 10.6 Å². The maximum absolute atomic E-state index is 13.2. The number of hydrogen-bond acceptors (Lipinski definition) is 2. The van der Waals surface area contributed by atoms with Gasteiger partial charge in [-0.25, -0.2) is 4.39 Å². The fourth-order valence-electron chi connectivity index (χ4n) is 2.21. The minimum Gasteiger partial charge on any atom is -0.332 e. The van der Waals surface area contributed by atoms with E-state index in [0.29, 0.717) is 33.1 Å². The fraction of sp³-hybridized carbons (Fsp3) is 0.0588. The second-order valence-electron chi connectivity index (χ2n) is 5.38. The zero-order chi connectivity index (χ0) is 18.7. The van der Waals surface area contributed by atoms with Crippen molar-refractivity contribution in [3.05, 3.63) is 75.2 Å². The Bertz CT molecular complexity index is 961. The Morgan fingerprint density at radius 3 is 2.50 bits per heavy atom. The number of hydrogen-bond donors (Lipinski definition) is 2. The van der Waals surface area contributed by atoms with Crippen molar-refractivity contribution < 1.29 is 4.39 Å². The van der Waals surface area contributed by atoms with Crippen LogP contribution >= 0.6 is 47.0 Å². The van der Waals surface area contributed by atoms with E-state index in [1.54, 1.807) is 35.3 Å². The molecule has 3 rings (SSSR count). The standard InChI is InChI=1S/C17H12Cl3FN4S/c18-13-3-1-10(5-14(13)19)8-25-9-12(7-22-25)24-17(26)23-11-2-4-16(21)15(20)6-11/h1-7,9H,8H2,(H2,23,24,26). The lowest BCUT2D eigenvalue weighted by Crippen LogP contribution is -2.18. The molecule has 2 aromatic carbocycles. The number of anilines is 2. The fourth-order valence-corrected chi connectivity index (χ4v) is 2.94. The summed E-state index contributed by atoms with van der Waals surface area (Å²) < 4.78 is 14.9. The largest absolute Gasteiger partial charge is 0.332 e. The summed E-state index contributed by atoms with van der Waals surface area (Å²) in [4.78, 5) is 0. The molecule has 4 nitrogen and oxygen atoms in total. The van der Waals surface area contributed by atoms with Crippen LogP contribution in [0.4, 0.5) is 15.8 Å². The van der Waals surface area contributed by atoms with E-state index in [0.717, 1.165) is 5.56 Å². The van der Waals surface area contributed by atoms with Crippen molar-refractivity contribution in [2.24, 2.45) is 0 Å². The molecule has 26 heavy (non-hydrogen) atoms. The van der Waals surface area contributed by atoms with E-state index in [1.807, 2.05) is 6.07 Å². The molecule has 0 amide bonds. The second-order valence-corrected chi connectivity index (χ2v) is 7.01. The van der Waals surface area contributed by atoms with Crippen LogP contribution in [0.15, 0.2) is 48.8 Å². The third-order valence-electron chi connectivity index (χ3n) is 3.40. The number of rotatable bonds is 4. The lowest BCUT2D eigenvalue weighted by atomic mass is 10.2. The van der Waals surface area contributed by atoms with Crippen LogP contribution in [0.3, 0.4) is 0 Å². The summed E-state index contributed by atoms with van der Waals surface area (Å²) >= 11 is 22.9. The molecule has 0 fully saturated rings. The lowest BCUT2D eigenvalue weighted by Gasteiger charge is -2.09. The van der Waals surface area contributed by atoms with Crippen LogP contribution in [0.2, 0.25) is 15.1 Å². The molecule has 0 bridgehead atoms. The van der Waals surface area contributed by atoms with Gasteiger partial charge in [-0.1, -0.05) is 40.9 Å². The first-order valence-electron chi connectivity index (χ1n) is 7.40. The summed E-state index contributed by atoms with van der Waals surface area (Å²) in [5.74, 6) is -0.486. The van der Waals surface area contributed by atoms with Crippen molar-refractivity contribution in [1.29, 1.82) is 0 Å². The van der Waals surface area contributed by atoms with Crippen LogP contribution in [-0.4, -0.2) is 14.9 Å². The maximum atomic E-state index is 13.2. The van der Waals surface area contributed by atoms with Crippen LogP contribution in [0.25, 0.3) is 0 Å². The third kappa shape index (κ3) is 4.86. The van der Waals surface area contributed by atoms with Crippen LogP contribution in [-0.2, 0) is 6.54 Å². The summed E-state index contributed by atoms with van der Waals surface area (Å²) in [6.07, 6.45) is 3.44. The van der Waals surface area contributed by atoms with Crippen molar-refractivity contribution in [2.75, 3.05) is 10.6 Å². The number of benzene rings is 2. The number of thiocarbonyl (C=S) groups is 1. The normalized spacial score (nSPS) is 10.6. The van der Waals surface area contributed by atoms with Gasteiger partial charge in [0.1, 0.15) is 5.82 Å². The Morgan fingerprint density at radius 1 is 1.00 bits per heavy atom. The minimum atomic E-state index is -0.486. The highest BCUT2D eigenvalue weighted by molar-refractivity contribution is 7.80. The predicted octanol–water partition coefficient (Wildman–Crippen LogP) is 5.84. The predicted molar refractivity (Wildman–Crippen MR) is 109 cm³/mol. The molecule has 0 aliphatic carbocycles. The topological polar surface area (TPSA) is 41.9 Å². The van der Waals surface area contributed by atoms with Crippen molar-refractivity contribution >= 4 is 63.5 Å². The van der Waals surface area contributed by atoms with Crippen LogP contribution < -0.4 is 10.6 Å². The Kier molecular flexibility index (Phi) is 5.98. The molecule has 2 N–H and O–H groups in total. The van der Waals surface area contributed by atoms with Gasteiger partial charge in [-0.15, -0.1) is 0 Å². The molecule has 1 aromatic heterocycles. The molecule has 0 saturated carbocycles. The quantitative estimate of drug-likeness (QED) is 0.511. The van der Waals surface area contributed by atoms with Gasteiger partial charge in [0.15, 0.2) is 5.11 Å². The van der Waals surface area contributed by atoms with E-state index in [-0.39, 0.29) is 5.02 Å². The molecule has 0 radical (unpaired) electrons. The number of nitrogens with zero attached hydrogens (tertiary/aromatic N) is 2. The smallest absolute Gasteiger partial charge is 0.175 e. The molecular formula is C17H12Cl3FN4S. The molecule has 9 heteroatoms. The van der Waals surface area contributed by atoms with Gasteiger partial charge in [0, 0.05) is 11.9 Å². The van der Waals surface area contributed by atoms with Crippen LogP contribution in [0.1, 0.15) is 5.56 Å². The van der Waals surface area contributed by atoms with Crippen molar-refractivity contribution in [3.8, 4) is 0 Å². The third-order valence-corrected chi connectivity index (χ3v) is 4.63. The molecule has 134 valence electrons. The molecule has 0 aliphatic rings. The number of nitrogens with one attached hydrogen (secondary N) is 2. The van der Waals surface area contributed by atoms with E-state index >= 15 is 0 Å². The average molecular weight is 430 g/mol. The molecule has 3 aromatic rings. The van der Waals surface area contributed by atoms with Crippen molar-refractivity contribution in [3.63, 3.8) is 0 Å². The summed E-state index contributed by atoms with van der Waals surface area (Å²) in [5, 5.41) is 11.6. The summed E-state index contributed by atoms with van der Waals surface area (Å²) in [6, 6.07) is 9.69. The van der Waals surface area contributed by atoms with Gasteiger partial charge in [-0.2, -0.15) is 5.10 Å². The monoisotopic (exact) mass is 428 g/mol. The second kappa shape index (κ2) is 8.22. The first-order chi connectivity index (χ1) is 12.4. The van der Waals surface area contributed by atoms with E-state index in [9.17, 15) is 4.39 Å². The van der Waals surface area contributed by atoms with Crippen molar-refractivity contribution in [2.45, 2.75) is 6.54 Å². The zero-order valence-corrected chi connectivity index (χ0v) is 16.2. The molecule has 0 atom stereocenters. The number of halogens is 4. The van der Waals surface area contributed by atoms with E-state index in [1.165, 1.54) is 12.1 Å². The van der Waals surface area contributed by atoms with E-state index in [2.05, 4.69) is 15.7 Å². The molecular weight excluding hydrogens is 418 g/mol. The van der Waals surface area contributed by atoms with Crippen molar-refractivity contribution in [1.82, 2.24) is 9.78 Å². The molecule has 0 aliphatic heterocycles. The lowest BCUT2D eigenvalue weighted by molar-refractivity contribution is 0.628. The van der Waals surface area contributed by atoms with E-state index < -0.39 is 5.82 Å². The summed E-state index contributed by atoms with van der Waals surface area (Å²) in [7, 11) is 0. The van der Waals surface area contributed by atoms with Crippen LogP contribution in [0, 0.1) is 5.82 Å². The Balaban J connectivity index is 1.61. The molecule has 0 saturated heterocycles. The Hall–Kier alpha value is -1.86. The maximum Gasteiger partial charge on any atom is 0.175 e. The Labute approximate surface area is 169 Å². The Morgan fingerprint density at radius 2 is 1.77 bits per heavy atom. The first kappa shape index (κ1) is 18.9. The van der Waals surface area contributed by atoms with E-state index in [4.69, 9.17) is 47.0 Å². The first-order valence-corrected chi connectivity index (χ1v) is 8.94. The SMILES string of the molecule is Fc1ccc(NC(=S)Nc2cnn(Cc3ccc(Cl)c(Cl)c3)c2)cc1Cl. The highest BCUT2D eigenvalue weighted by Crippen LogP contribution is 2.23. The average Bonchev–Trinajstić information content (AvgIpc) is 3.01. The van der Waals surface area contributed by atoms with Gasteiger partial charge in [-0.3, -0.25) is 4.68 Å². The highest BCUT2D eigenvalue weighted by atomic mass is 35.5. The van der Waals surface area contributed by atoms with Gasteiger partial charge in [0.25, 0.3) is 0 Å². The van der Waals surface area contributed by atoms with Gasteiger partial charge in [0.2, 0.25) is 0 Å². The summed E-state index contributed by atoms with van der Waals surface area (Å²) in [5.41, 5.74) is 2.25. The minimum absolute atomic E-state index is 0.0206. The number of aromatic nitrogens is 2. The zero-order valence-electron chi connectivity index (χ0n) is 13.1. The van der Waals surface area contributed by atoms with Gasteiger partial charge >= 0.3 is 0 Å². The highest BCUT2D eigenvalue weighted by Gasteiger charge is 2.06. The molecule has 1 heterocycles. The van der Waals surface area contributed by atoms with Crippen LogP contribution in [0.5, 0.6) is 0 Å².